The van der Waals surface area contributed by atoms with Crippen molar-refractivity contribution in [3.8, 4) is 11.5 Å². The summed E-state index contributed by atoms with van der Waals surface area (Å²) in [5, 5.41) is 0. The van der Waals surface area contributed by atoms with Crippen molar-refractivity contribution in [2.75, 3.05) is 0 Å². The molecule has 0 fully saturated rings. The average Bonchev–Trinajstić information content (AvgIpc) is 2.51. The maximum absolute atomic E-state index is 12.0. The first-order valence-electron chi connectivity index (χ1n) is 8.86. The number of hydrogen-bond donors (Lipinski definition) is 0. The third kappa shape index (κ3) is 7.62. The van der Waals surface area contributed by atoms with Crippen molar-refractivity contribution >= 4 is 11.9 Å². The van der Waals surface area contributed by atoms with Crippen LogP contribution in [0, 0.1) is 5.41 Å². The van der Waals surface area contributed by atoms with Crippen LogP contribution in [-0.2, 0) is 9.59 Å². The van der Waals surface area contributed by atoms with Crippen molar-refractivity contribution in [1.29, 1.82) is 0 Å². The number of para-hydroxylation sites is 2. The van der Waals surface area contributed by atoms with Crippen LogP contribution < -0.4 is 9.47 Å². The lowest BCUT2D eigenvalue weighted by molar-refractivity contribution is -0.143. The summed E-state index contributed by atoms with van der Waals surface area (Å²) in [7, 11) is 0. The van der Waals surface area contributed by atoms with Crippen molar-refractivity contribution in [2.24, 2.45) is 5.41 Å². The Kier molecular flexibility index (Phi) is 8.51. The van der Waals surface area contributed by atoms with Gasteiger partial charge in [0.1, 0.15) is 0 Å². The van der Waals surface area contributed by atoms with E-state index in [1.807, 2.05) is 0 Å². The number of benzene rings is 1. The highest BCUT2D eigenvalue weighted by molar-refractivity contribution is 5.79. The van der Waals surface area contributed by atoms with Crippen molar-refractivity contribution in [1.82, 2.24) is 0 Å². The monoisotopic (exact) mass is 334 g/mol. The van der Waals surface area contributed by atoms with E-state index in [9.17, 15) is 9.59 Å². The highest BCUT2D eigenvalue weighted by Crippen LogP contribution is 2.29. The molecule has 0 saturated heterocycles. The van der Waals surface area contributed by atoms with E-state index >= 15 is 0 Å². The van der Waals surface area contributed by atoms with E-state index in [4.69, 9.17) is 9.47 Å². The maximum atomic E-state index is 12.0. The number of rotatable bonds is 9. The molecule has 0 radical (unpaired) electrons. The second kappa shape index (κ2) is 10.1. The minimum Gasteiger partial charge on any atom is -0.423 e. The fourth-order valence-corrected chi connectivity index (χ4v) is 2.10. The first-order valence-corrected chi connectivity index (χ1v) is 8.86. The molecule has 1 aromatic carbocycles. The van der Waals surface area contributed by atoms with Crippen LogP contribution in [0.25, 0.3) is 0 Å². The van der Waals surface area contributed by atoms with Crippen molar-refractivity contribution in [3.05, 3.63) is 24.3 Å². The van der Waals surface area contributed by atoms with E-state index in [2.05, 4.69) is 6.92 Å². The summed E-state index contributed by atoms with van der Waals surface area (Å²) in [6.45, 7) is 7.52. The molecule has 0 aromatic heterocycles. The molecule has 0 bridgehead atoms. The second-order valence-corrected chi connectivity index (χ2v) is 7.08. The van der Waals surface area contributed by atoms with Gasteiger partial charge in [-0.05, 0) is 39.3 Å². The molecule has 0 N–H and O–H groups in total. The van der Waals surface area contributed by atoms with E-state index < -0.39 is 5.41 Å². The fourth-order valence-electron chi connectivity index (χ4n) is 2.10. The van der Waals surface area contributed by atoms with Gasteiger partial charge in [-0.15, -0.1) is 0 Å². The minimum atomic E-state index is -0.615. The molecule has 0 unspecified atom stereocenters. The average molecular weight is 334 g/mol. The zero-order valence-electron chi connectivity index (χ0n) is 15.4. The van der Waals surface area contributed by atoms with Crippen molar-refractivity contribution in [2.45, 2.75) is 72.6 Å². The van der Waals surface area contributed by atoms with E-state index in [-0.39, 0.29) is 17.7 Å². The number of carbonyl (C=O) groups is 2. The van der Waals surface area contributed by atoms with Gasteiger partial charge < -0.3 is 9.47 Å². The third-order valence-corrected chi connectivity index (χ3v) is 3.62. The van der Waals surface area contributed by atoms with Gasteiger partial charge in [0.25, 0.3) is 0 Å². The molecule has 0 aliphatic rings. The van der Waals surface area contributed by atoms with Crippen LogP contribution in [0.4, 0.5) is 0 Å². The second-order valence-electron chi connectivity index (χ2n) is 7.08. The molecule has 0 spiro atoms. The first-order chi connectivity index (χ1) is 11.3. The van der Waals surface area contributed by atoms with Gasteiger partial charge in [0.15, 0.2) is 11.5 Å². The van der Waals surface area contributed by atoms with Gasteiger partial charge >= 0.3 is 11.9 Å². The Labute approximate surface area is 145 Å². The van der Waals surface area contributed by atoms with Gasteiger partial charge in [-0.25, -0.2) is 0 Å². The molecule has 0 atom stereocenters. The van der Waals surface area contributed by atoms with E-state index in [0.29, 0.717) is 12.2 Å². The Morgan fingerprint density at radius 3 is 2.00 bits per heavy atom. The number of unbranched alkanes of at least 4 members (excludes halogenated alkanes) is 5. The van der Waals surface area contributed by atoms with E-state index in [1.165, 1.54) is 19.3 Å². The number of esters is 2. The highest BCUT2D eigenvalue weighted by atomic mass is 16.6. The lowest BCUT2D eigenvalue weighted by atomic mass is 9.97. The topological polar surface area (TPSA) is 52.6 Å². The molecule has 134 valence electrons. The molecule has 24 heavy (non-hydrogen) atoms. The predicted octanol–water partition coefficient (Wildman–Crippen LogP) is 5.29. The van der Waals surface area contributed by atoms with Crippen molar-refractivity contribution < 1.29 is 19.1 Å². The molecule has 0 heterocycles. The van der Waals surface area contributed by atoms with Gasteiger partial charge in [0.05, 0.1) is 5.41 Å². The number of ether oxygens (including phenoxy) is 2. The normalized spacial score (nSPS) is 11.2. The van der Waals surface area contributed by atoms with Crippen LogP contribution in [0.3, 0.4) is 0 Å². The summed E-state index contributed by atoms with van der Waals surface area (Å²) in [6.07, 6.45) is 7.08. The van der Waals surface area contributed by atoms with Crippen LogP contribution in [0.2, 0.25) is 0 Å². The summed E-state index contributed by atoms with van der Waals surface area (Å²) in [6, 6.07) is 6.78. The standard InChI is InChI=1S/C20H30O4/c1-5-6-7-8-9-10-15-18(21)23-16-13-11-12-14-17(16)24-19(22)20(2,3)4/h11-14H,5-10,15H2,1-4H3. The number of carbonyl (C=O) groups excluding carboxylic acids is 2. The molecule has 0 aliphatic carbocycles. The summed E-state index contributed by atoms with van der Waals surface area (Å²) in [5.74, 6) is -0.0634. The quantitative estimate of drug-likeness (QED) is 0.349. The molecule has 0 amide bonds. The zero-order chi connectivity index (χ0) is 18.0. The van der Waals surface area contributed by atoms with Gasteiger partial charge in [-0.2, -0.15) is 0 Å². The van der Waals surface area contributed by atoms with Crippen molar-refractivity contribution in [3.63, 3.8) is 0 Å². The van der Waals surface area contributed by atoms with Crippen LogP contribution in [0.5, 0.6) is 11.5 Å². The zero-order valence-corrected chi connectivity index (χ0v) is 15.4. The molecule has 0 saturated carbocycles. The Bertz CT molecular complexity index is 529. The Morgan fingerprint density at radius 1 is 0.875 bits per heavy atom. The number of hydrogen-bond acceptors (Lipinski definition) is 4. The summed E-state index contributed by atoms with van der Waals surface area (Å²) < 4.78 is 10.7. The Balaban J connectivity index is 2.50. The summed E-state index contributed by atoms with van der Waals surface area (Å²) in [4.78, 5) is 24.0. The lowest BCUT2D eigenvalue weighted by Crippen LogP contribution is -2.25. The Morgan fingerprint density at radius 2 is 1.42 bits per heavy atom. The molecule has 4 heteroatoms. The third-order valence-electron chi connectivity index (χ3n) is 3.62. The molecule has 0 aliphatic heterocycles. The van der Waals surface area contributed by atoms with Gasteiger partial charge in [-0.3, -0.25) is 9.59 Å². The largest absolute Gasteiger partial charge is 0.423 e. The van der Waals surface area contributed by atoms with E-state index in [0.717, 1.165) is 19.3 Å². The van der Waals surface area contributed by atoms with E-state index in [1.54, 1.807) is 45.0 Å². The smallest absolute Gasteiger partial charge is 0.316 e. The minimum absolute atomic E-state index is 0.286. The predicted molar refractivity (Wildman–Crippen MR) is 95.2 cm³/mol. The van der Waals surface area contributed by atoms with Gasteiger partial charge in [0.2, 0.25) is 0 Å². The lowest BCUT2D eigenvalue weighted by Gasteiger charge is -2.17. The highest BCUT2D eigenvalue weighted by Gasteiger charge is 2.25. The maximum Gasteiger partial charge on any atom is 0.316 e. The first kappa shape index (κ1) is 20.2. The van der Waals surface area contributed by atoms with Gasteiger partial charge in [0, 0.05) is 6.42 Å². The van der Waals surface area contributed by atoms with Crippen LogP contribution >= 0.6 is 0 Å². The molecule has 4 nitrogen and oxygen atoms in total. The van der Waals surface area contributed by atoms with Crippen LogP contribution in [-0.4, -0.2) is 11.9 Å². The SMILES string of the molecule is CCCCCCCCC(=O)Oc1ccccc1OC(=O)C(C)(C)C. The molecule has 1 aromatic rings. The van der Waals surface area contributed by atoms with Crippen LogP contribution in [0.1, 0.15) is 72.6 Å². The molecular weight excluding hydrogens is 304 g/mol. The summed E-state index contributed by atoms with van der Waals surface area (Å²) >= 11 is 0. The van der Waals surface area contributed by atoms with Gasteiger partial charge in [-0.1, -0.05) is 51.2 Å². The Hall–Kier alpha value is -1.84. The molecule has 1 rings (SSSR count). The molecular formula is C20H30O4. The summed E-state index contributed by atoms with van der Waals surface area (Å²) in [5.41, 5.74) is -0.615. The fraction of sp³-hybridized carbons (Fsp3) is 0.600. The van der Waals surface area contributed by atoms with Crippen LogP contribution in [0.15, 0.2) is 24.3 Å².